The highest BCUT2D eigenvalue weighted by molar-refractivity contribution is 6.30. The van der Waals surface area contributed by atoms with Crippen LogP contribution in [0.3, 0.4) is 0 Å². The number of benzene rings is 1. The Bertz CT molecular complexity index is 625. The fourth-order valence-electron chi connectivity index (χ4n) is 3.39. The predicted molar refractivity (Wildman–Crippen MR) is 99.0 cm³/mol. The highest BCUT2D eigenvalue weighted by Gasteiger charge is 2.27. The minimum atomic E-state index is -0.475. The number of piperazine rings is 1. The molecular weight excluding hydrogens is 340 g/mol. The molecule has 0 spiro atoms. The third kappa shape index (κ3) is 4.37. The van der Waals surface area contributed by atoms with Crippen molar-refractivity contribution in [1.82, 2.24) is 15.1 Å². The fraction of sp³-hybridized carbons (Fsp3) is 0.556. The number of rotatable bonds is 3. The van der Waals surface area contributed by atoms with E-state index in [1.807, 2.05) is 29.2 Å². The first-order valence-electron chi connectivity index (χ1n) is 8.89. The molecule has 0 bridgehead atoms. The molecule has 7 heteroatoms. The molecule has 6 nitrogen and oxygen atoms in total. The number of anilines is 1. The maximum absolute atomic E-state index is 12.4. The Morgan fingerprint density at radius 2 is 1.72 bits per heavy atom. The third-order valence-electron chi connectivity index (χ3n) is 4.87. The molecule has 3 rings (SSSR count). The number of carbonyl (C=O) groups is 2. The van der Waals surface area contributed by atoms with E-state index in [0.29, 0.717) is 18.1 Å². The molecule has 25 heavy (non-hydrogen) atoms. The van der Waals surface area contributed by atoms with Crippen molar-refractivity contribution >= 4 is 29.2 Å². The molecular formula is C18H25ClN4O2. The van der Waals surface area contributed by atoms with Crippen molar-refractivity contribution < 1.29 is 9.59 Å². The van der Waals surface area contributed by atoms with Crippen LogP contribution in [-0.4, -0.2) is 67.0 Å². The van der Waals surface area contributed by atoms with Gasteiger partial charge in [-0.3, -0.25) is 4.79 Å². The molecule has 0 aliphatic carbocycles. The topological polar surface area (TPSA) is 55.9 Å². The number of urea groups is 1. The van der Waals surface area contributed by atoms with Crippen molar-refractivity contribution in [3.8, 4) is 0 Å². The summed E-state index contributed by atoms with van der Waals surface area (Å²) in [5, 5.41) is 3.56. The molecule has 1 unspecified atom stereocenters. The van der Waals surface area contributed by atoms with Crippen LogP contribution in [0.5, 0.6) is 0 Å². The lowest BCUT2D eigenvalue weighted by Crippen LogP contribution is -2.55. The van der Waals surface area contributed by atoms with Gasteiger partial charge in [0.25, 0.3) is 0 Å². The Balaban J connectivity index is 1.48. The largest absolute Gasteiger partial charge is 0.368 e. The lowest BCUT2D eigenvalue weighted by molar-refractivity contribution is -0.131. The molecule has 0 aromatic heterocycles. The van der Waals surface area contributed by atoms with Crippen LogP contribution < -0.4 is 10.2 Å². The second kappa shape index (κ2) is 7.95. The molecule has 1 aromatic rings. The van der Waals surface area contributed by atoms with Gasteiger partial charge in [-0.05, 0) is 38.0 Å². The monoisotopic (exact) mass is 364 g/mol. The van der Waals surface area contributed by atoms with Gasteiger partial charge in [0, 0.05) is 50.0 Å². The Hall–Kier alpha value is -1.95. The van der Waals surface area contributed by atoms with Crippen LogP contribution >= 0.6 is 11.6 Å². The summed E-state index contributed by atoms with van der Waals surface area (Å²) in [5.74, 6) is 0.0170. The van der Waals surface area contributed by atoms with Crippen molar-refractivity contribution in [1.29, 1.82) is 0 Å². The molecule has 2 saturated heterocycles. The predicted octanol–water partition coefficient (Wildman–Crippen LogP) is 2.18. The summed E-state index contributed by atoms with van der Waals surface area (Å²) in [5.41, 5.74) is 1.07. The van der Waals surface area contributed by atoms with E-state index in [1.165, 1.54) is 0 Å². The summed E-state index contributed by atoms with van der Waals surface area (Å²) in [6.07, 6.45) is 2.11. The van der Waals surface area contributed by atoms with E-state index >= 15 is 0 Å². The number of carbonyl (C=O) groups excluding carboxylic acids is 2. The van der Waals surface area contributed by atoms with E-state index in [2.05, 4.69) is 10.2 Å². The van der Waals surface area contributed by atoms with E-state index in [-0.39, 0.29) is 11.9 Å². The number of nitrogens with zero attached hydrogens (tertiary/aromatic N) is 3. The summed E-state index contributed by atoms with van der Waals surface area (Å²) in [6.45, 7) is 6.13. The zero-order valence-corrected chi connectivity index (χ0v) is 15.3. The number of halogens is 1. The second-order valence-corrected chi connectivity index (χ2v) is 7.09. The van der Waals surface area contributed by atoms with Crippen LogP contribution in [0, 0.1) is 0 Å². The number of likely N-dealkylation sites (tertiary alicyclic amines) is 1. The highest BCUT2D eigenvalue weighted by Crippen LogP contribution is 2.20. The molecule has 2 fully saturated rings. The summed E-state index contributed by atoms with van der Waals surface area (Å²) in [7, 11) is 0. The molecule has 136 valence electrons. The van der Waals surface area contributed by atoms with Gasteiger partial charge in [-0.1, -0.05) is 17.7 Å². The fourth-order valence-corrected chi connectivity index (χ4v) is 3.57. The minimum absolute atomic E-state index is 0.0170. The van der Waals surface area contributed by atoms with Gasteiger partial charge in [-0.15, -0.1) is 0 Å². The Morgan fingerprint density at radius 3 is 2.36 bits per heavy atom. The van der Waals surface area contributed by atoms with Crippen LogP contribution in [0.1, 0.15) is 19.8 Å². The van der Waals surface area contributed by atoms with E-state index in [4.69, 9.17) is 11.6 Å². The zero-order valence-electron chi connectivity index (χ0n) is 14.6. The van der Waals surface area contributed by atoms with Gasteiger partial charge in [-0.2, -0.15) is 0 Å². The lowest BCUT2D eigenvalue weighted by Gasteiger charge is -2.36. The maximum atomic E-state index is 12.4. The first kappa shape index (κ1) is 17.9. The average molecular weight is 365 g/mol. The van der Waals surface area contributed by atoms with Crippen LogP contribution in [0.2, 0.25) is 5.02 Å². The SMILES string of the molecule is CC(NC(=O)N1CCN(c2cccc(Cl)c2)CC1)C(=O)N1CCCC1. The summed E-state index contributed by atoms with van der Waals surface area (Å²) in [4.78, 5) is 30.6. The molecule has 2 heterocycles. The smallest absolute Gasteiger partial charge is 0.318 e. The van der Waals surface area contributed by atoms with Crippen LogP contribution in [0.4, 0.5) is 10.5 Å². The molecule has 0 radical (unpaired) electrons. The number of hydrogen-bond donors (Lipinski definition) is 1. The van der Waals surface area contributed by atoms with Gasteiger partial charge in [0.1, 0.15) is 6.04 Å². The van der Waals surface area contributed by atoms with Crippen LogP contribution in [-0.2, 0) is 4.79 Å². The van der Waals surface area contributed by atoms with E-state index < -0.39 is 6.04 Å². The summed E-state index contributed by atoms with van der Waals surface area (Å²) < 4.78 is 0. The molecule has 1 aromatic carbocycles. The normalized spacial score (nSPS) is 19.0. The summed E-state index contributed by atoms with van der Waals surface area (Å²) >= 11 is 6.05. The van der Waals surface area contributed by atoms with Gasteiger partial charge in [0.2, 0.25) is 5.91 Å². The number of amides is 3. The number of hydrogen-bond acceptors (Lipinski definition) is 3. The van der Waals surface area contributed by atoms with E-state index in [1.54, 1.807) is 11.8 Å². The maximum Gasteiger partial charge on any atom is 0.318 e. The van der Waals surface area contributed by atoms with Crippen molar-refractivity contribution in [3.05, 3.63) is 29.3 Å². The van der Waals surface area contributed by atoms with Crippen molar-refractivity contribution in [2.24, 2.45) is 0 Å². The lowest BCUT2D eigenvalue weighted by atomic mass is 10.2. The summed E-state index contributed by atoms with van der Waals surface area (Å²) in [6, 6.07) is 7.12. The molecule has 0 saturated carbocycles. The van der Waals surface area contributed by atoms with E-state index in [9.17, 15) is 9.59 Å². The first-order chi connectivity index (χ1) is 12.0. The van der Waals surface area contributed by atoms with E-state index in [0.717, 1.165) is 44.7 Å². The average Bonchev–Trinajstić information content (AvgIpc) is 3.15. The molecule has 2 aliphatic heterocycles. The van der Waals surface area contributed by atoms with Gasteiger partial charge >= 0.3 is 6.03 Å². The van der Waals surface area contributed by atoms with Crippen molar-refractivity contribution in [3.63, 3.8) is 0 Å². The molecule has 1 N–H and O–H groups in total. The van der Waals surface area contributed by atoms with Crippen molar-refractivity contribution in [2.75, 3.05) is 44.2 Å². The van der Waals surface area contributed by atoms with Crippen molar-refractivity contribution in [2.45, 2.75) is 25.8 Å². The van der Waals surface area contributed by atoms with Gasteiger partial charge in [0.05, 0.1) is 0 Å². The standard InChI is InChI=1S/C18H25ClN4O2/c1-14(17(24)22-7-2-3-8-22)20-18(25)23-11-9-21(10-12-23)16-6-4-5-15(19)13-16/h4-6,13-14H,2-3,7-12H2,1H3,(H,20,25). The van der Waals surface area contributed by atoms with Gasteiger partial charge in [-0.25, -0.2) is 4.79 Å². The zero-order chi connectivity index (χ0) is 17.8. The first-order valence-corrected chi connectivity index (χ1v) is 9.27. The molecule has 3 amide bonds. The Kier molecular flexibility index (Phi) is 5.68. The van der Waals surface area contributed by atoms with Gasteiger partial charge < -0.3 is 20.0 Å². The Morgan fingerprint density at radius 1 is 1.04 bits per heavy atom. The molecule has 2 aliphatic rings. The third-order valence-corrected chi connectivity index (χ3v) is 5.10. The highest BCUT2D eigenvalue weighted by atomic mass is 35.5. The quantitative estimate of drug-likeness (QED) is 0.894. The van der Waals surface area contributed by atoms with Crippen LogP contribution in [0.25, 0.3) is 0 Å². The Labute approximate surface area is 153 Å². The van der Waals surface area contributed by atoms with Gasteiger partial charge in [0.15, 0.2) is 0 Å². The second-order valence-electron chi connectivity index (χ2n) is 6.66. The minimum Gasteiger partial charge on any atom is -0.368 e. The molecule has 1 atom stereocenters. The number of nitrogens with one attached hydrogen (secondary N) is 1. The van der Waals surface area contributed by atoms with Crippen LogP contribution in [0.15, 0.2) is 24.3 Å².